The third-order valence-electron chi connectivity index (χ3n) is 3.77. The number of benzene rings is 1. The molecule has 1 heterocycles. The van der Waals surface area contributed by atoms with Crippen molar-refractivity contribution in [2.45, 2.75) is 33.7 Å². The molecule has 0 aliphatic heterocycles. The summed E-state index contributed by atoms with van der Waals surface area (Å²) in [6, 6.07) is 4.13. The fraction of sp³-hybridized carbons (Fsp3) is 0.438. The Kier molecular flexibility index (Phi) is 3.76. The van der Waals surface area contributed by atoms with Crippen molar-refractivity contribution >= 4 is 16.7 Å². The Balaban J connectivity index is 2.55. The van der Waals surface area contributed by atoms with Crippen molar-refractivity contribution in [1.29, 1.82) is 0 Å². The van der Waals surface area contributed by atoms with Crippen LogP contribution in [0.25, 0.3) is 10.9 Å². The van der Waals surface area contributed by atoms with Gasteiger partial charge < -0.3 is 9.88 Å². The van der Waals surface area contributed by atoms with E-state index in [0.717, 1.165) is 23.0 Å². The first-order valence-corrected chi connectivity index (χ1v) is 6.79. The summed E-state index contributed by atoms with van der Waals surface area (Å²) in [6.07, 6.45) is 1.94. The molecule has 2 rings (SSSR count). The van der Waals surface area contributed by atoms with Crippen LogP contribution in [0.5, 0.6) is 0 Å². The lowest BCUT2D eigenvalue weighted by Gasteiger charge is -2.10. The predicted molar refractivity (Wildman–Crippen MR) is 79.9 cm³/mol. The molecule has 0 radical (unpaired) electrons. The van der Waals surface area contributed by atoms with Crippen LogP contribution in [-0.2, 0) is 7.05 Å². The molecular formula is C16H22N2O. The van der Waals surface area contributed by atoms with Gasteiger partial charge in [0.15, 0.2) is 5.78 Å². The standard InChI is InChI=1S/C16H22N2O/c1-6-17-12(4)16(19)14-9-18(5)15-8-11(3)10(2)7-13(14)15/h7-9,12,17H,6H2,1-5H3. The van der Waals surface area contributed by atoms with Crippen molar-refractivity contribution in [3.63, 3.8) is 0 Å². The quantitative estimate of drug-likeness (QED) is 0.855. The van der Waals surface area contributed by atoms with Gasteiger partial charge in [0.25, 0.3) is 0 Å². The molecule has 0 amide bonds. The summed E-state index contributed by atoms with van der Waals surface area (Å²) in [4.78, 5) is 12.5. The molecule has 2 aromatic rings. The summed E-state index contributed by atoms with van der Waals surface area (Å²) in [5.74, 6) is 0.163. The molecule has 3 heteroatoms. The van der Waals surface area contributed by atoms with Crippen LogP contribution in [-0.4, -0.2) is 22.9 Å². The van der Waals surface area contributed by atoms with Crippen LogP contribution in [0.15, 0.2) is 18.3 Å². The number of fused-ring (bicyclic) bond motifs is 1. The molecular weight excluding hydrogens is 236 g/mol. The molecule has 3 nitrogen and oxygen atoms in total. The van der Waals surface area contributed by atoms with Crippen molar-refractivity contribution in [2.24, 2.45) is 7.05 Å². The molecule has 0 spiro atoms. The zero-order chi connectivity index (χ0) is 14.2. The Hall–Kier alpha value is -1.61. The van der Waals surface area contributed by atoms with E-state index in [2.05, 4.69) is 31.3 Å². The average molecular weight is 258 g/mol. The number of carbonyl (C=O) groups is 1. The number of nitrogens with one attached hydrogen (secondary N) is 1. The maximum absolute atomic E-state index is 12.5. The van der Waals surface area contributed by atoms with Gasteiger partial charge in [-0.15, -0.1) is 0 Å². The first-order valence-electron chi connectivity index (χ1n) is 6.79. The predicted octanol–water partition coefficient (Wildman–Crippen LogP) is 2.98. The van der Waals surface area contributed by atoms with Crippen LogP contribution in [0.4, 0.5) is 0 Å². The van der Waals surface area contributed by atoms with Crippen LogP contribution in [0, 0.1) is 13.8 Å². The second-order valence-corrected chi connectivity index (χ2v) is 5.25. The van der Waals surface area contributed by atoms with Crippen LogP contribution in [0.1, 0.15) is 35.3 Å². The zero-order valence-corrected chi connectivity index (χ0v) is 12.4. The van der Waals surface area contributed by atoms with E-state index in [4.69, 9.17) is 0 Å². The van der Waals surface area contributed by atoms with Gasteiger partial charge in [-0.1, -0.05) is 6.92 Å². The average Bonchev–Trinajstić information content (AvgIpc) is 2.67. The molecule has 0 saturated heterocycles. The van der Waals surface area contributed by atoms with Crippen molar-refractivity contribution in [3.05, 3.63) is 35.0 Å². The van der Waals surface area contributed by atoms with Crippen LogP contribution in [0.3, 0.4) is 0 Å². The third kappa shape index (κ3) is 2.43. The summed E-state index contributed by atoms with van der Waals surface area (Å²) in [6.45, 7) is 8.93. The number of carbonyl (C=O) groups excluding carboxylic acids is 1. The van der Waals surface area contributed by atoms with E-state index in [-0.39, 0.29) is 11.8 Å². The number of Topliss-reactive ketones (excluding diaryl/α,β-unsaturated/α-hetero) is 1. The van der Waals surface area contributed by atoms with Gasteiger partial charge in [-0.2, -0.15) is 0 Å². The lowest BCUT2D eigenvalue weighted by atomic mass is 10.0. The van der Waals surface area contributed by atoms with Crippen molar-refractivity contribution < 1.29 is 4.79 Å². The molecule has 0 aliphatic carbocycles. The Morgan fingerprint density at radius 2 is 1.95 bits per heavy atom. The molecule has 19 heavy (non-hydrogen) atoms. The van der Waals surface area contributed by atoms with Crippen LogP contribution in [0.2, 0.25) is 0 Å². The molecule has 1 unspecified atom stereocenters. The molecule has 1 atom stereocenters. The van der Waals surface area contributed by atoms with E-state index >= 15 is 0 Å². The summed E-state index contributed by atoms with van der Waals surface area (Å²) in [5, 5.41) is 4.24. The number of ketones is 1. The molecule has 0 bridgehead atoms. The van der Waals surface area contributed by atoms with Gasteiger partial charge >= 0.3 is 0 Å². The SMILES string of the molecule is CCNC(C)C(=O)c1cn(C)c2cc(C)c(C)cc12. The minimum absolute atomic E-state index is 0.141. The Morgan fingerprint density at radius 3 is 2.58 bits per heavy atom. The van der Waals surface area contributed by atoms with E-state index in [0.29, 0.717) is 0 Å². The van der Waals surface area contributed by atoms with E-state index in [1.807, 2.05) is 31.7 Å². The molecule has 0 fully saturated rings. The topological polar surface area (TPSA) is 34.0 Å². The van der Waals surface area contributed by atoms with Gasteiger partial charge in [0, 0.05) is 29.7 Å². The Labute approximate surface area is 114 Å². The van der Waals surface area contributed by atoms with E-state index in [9.17, 15) is 4.79 Å². The second-order valence-electron chi connectivity index (χ2n) is 5.25. The van der Waals surface area contributed by atoms with Gasteiger partial charge in [0.1, 0.15) is 0 Å². The van der Waals surface area contributed by atoms with Crippen LogP contribution < -0.4 is 5.32 Å². The number of nitrogens with zero attached hydrogens (tertiary/aromatic N) is 1. The summed E-state index contributed by atoms with van der Waals surface area (Å²) >= 11 is 0. The first kappa shape index (κ1) is 13.8. The highest BCUT2D eigenvalue weighted by molar-refractivity contribution is 6.10. The van der Waals surface area contributed by atoms with Gasteiger partial charge in [-0.25, -0.2) is 0 Å². The van der Waals surface area contributed by atoms with Crippen molar-refractivity contribution in [1.82, 2.24) is 9.88 Å². The van der Waals surface area contributed by atoms with Crippen LogP contribution >= 0.6 is 0 Å². The number of aromatic nitrogens is 1. The lowest BCUT2D eigenvalue weighted by molar-refractivity contribution is 0.0953. The Morgan fingerprint density at radius 1 is 1.32 bits per heavy atom. The molecule has 1 aromatic carbocycles. The lowest BCUT2D eigenvalue weighted by Crippen LogP contribution is -2.33. The summed E-state index contributed by atoms with van der Waals surface area (Å²) < 4.78 is 2.04. The number of hydrogen-bond donors (Lipinski definition) is 1. The maximum Gasteiger partial charge on any atom is 0.181 e. The fourth-order valence-electron chi connectivity index (χ4n) is 2.47. The summed E-state index contributed by atoms with van der Waals surface area (Å²) in [7, 11) is 1.99. The van der Waals surface area contributed by atoms with E-state index in [1.165, 1.54) is 11.1 Å². The fourth-order valence-corrected chi connectivity index (χ4v) is 2.47. The number of rotatable bonds is 4. The minimum atomic E-state index is -0.141. The van der Waals surface area contributed by atoms with Gasteiger partial charge in [0.05, 0.1) is 6.04 Å². The third-order valence-corrected chi connectivity index (χ3v) is 3.77. The molecule has 1 aromatic heterocycles. The number of aryl methyl sites for hydroxylation is 3. The zero-order valence-electron chi connectivity index (χ0n) is 12.4. The minimum Gasteiger partial charge on any atom is -0.350 e. The molecule has 0 saturated carbocycles. The largest absolute Gasteiger partial charge is 0.350 e. The maximum atomic E-state index is 12.5. The smallest absolute Gasteiger partial charge is 0.181 e. The monoisotopic (exact) mass is 258 g/mol. The van der Waals surface area contributed by atoms with Crippen molar-refractivity contribution in [2.75, 3.05) is 6.54 Å². The first-order chi connectivity index (χ1) is 8.95. The number of likely N-dealkylation sites (N-methyl/N-ethyl adjacent to an activating group) is 1. The highest BCUT2D eigenvalue weighted by Crippen LogP contribution is 2.25. The molecule has 0 aliphatic rings. The second kappa shape index (κ2) is 5.17. The van der Waals surface area contributed by atoms with E-state index < -0.39 is 0 Å². The Bertz CT molecular complexity index is 625. The normalized spacial score (nSPS) is 12.9. The summed E-state index contributed by atoms with van der Waals surface area (Å²) in [5.41, 5.74) is 4.42. The van der Waals surface area contributed by atoms with Gasteiger partial charge in [0.2, 0.25) is 0 Å². The molecule has 1 N–H and O–H groups in total. The number of hydrogen-bond acceptors (Lipinski definition) is 2. The molecule has 102 valence electrons. The van der Waals surface area contributed by atoms with Gasteiger partial charge in [-0.05, 0) is 50.6 Å². The highest BCUT2D eigenvalue weighted by Gasteiger charge is 2.19. The highest BCUT2D eigenvalue weighted by atomic mass is 16.1. The van der Waals surface area contributed by atoms with E-state index in [1.54, 1.807) is 0 Å². The van der Waals surface area contributed by atoms with Crippen molar-refractivity contribution in [3.8, 4) is 0 Å². The van der Waals surface area contributed by atoms with Gasteiger partial charge in [-0.3, -0.25) is 4.79 Å².